The number of aliphatic hydroxyl groups is 1. The number of hydrogen-bond acceptors (Lipinski definition) is 2. The van der Waals surface area contributed by atoms with Crippen LogP contribution in [-0.2, 0) is 0 Å². The largest absolute Gasteiger partial charge is 0.396 e. The normalized spacial score (nSPS) is 15.7. The summed E-state index contributed by atoms with van der Waals surface area (Å²) in [5, 5.41) is 12.1. The molecule has 2 unspecified atom stereocenters. The molecule has 2 nitrogen and oxygen atoms in total. The molecule has 0 aliphatic heterocycles. The molecular weight excluding hydrogens is 150 g/mol. The minimum Gasteiger partial charge on any atom is -0.396 e. The molecule has 70 valence electrons. The molecule has 0 amide bonds. The van der Waals surface area contributed by atoms with Gasteiger partial charge in [0.25, 0.3) is 0 Å². The molecule has 0 heterocycles. The summed E-state index contributed by atoms with van der Waals surface area (Å²) in [6, 6.07) is 0.407. The van der Waals surface area contributed by atoms with Crippen LogP contribution < -0.4 is 5.32 Å². The van der Waals surface area contributed by atoms with Crippen LogP contribution in [0.15, 0.2) is 0 Å². The zero-order valence-corrected chi connectivity index (χ0v) is 8.17. The van der Waals surface area contributed by atoms with E-state index in [0.717, 1.165) is 6.42 Å². The van der Waals surface area contributed by atoms with Crippen molar-refractivity contribution in [3.63, 3.8) is 0 Å². The van der Waals surface area contributed by atoms with Gasteiger partial charge in [0.1, 0.15) is 0 Å². The van der Waals surface area contributed by atoms with Crippen molar-refractivity contribution in [3.05, 3.63) is 0 Å². The first kappa shape index (κ1) is 11.5. The van der Waals surface area contributed by atoms with Crippen molar-refractivity contribution in [1.29, 1.82) is 0 Å². The van der Waals surface area contributed by atoms with Crippen LogP contribution in [0.2, 0.25) is 0 Å². The van der Waals surface area contributed by atoms with Crippen molar-refractivity contribution >= 4 is 0 Å². The third-order valence-corrected chi connectivity index (χ3v) is 1.96. The van der Waals surface area contributed by atoms with E-state index in [4.69, 9.17) is 11.5 Å². The number of rotatable bonds is 5. The van der Waals surface area contributed by atoms with E-state index in [9.17, 15) is 0 Å². The van der Waals surface area contributed by atoms with Gasteiger partial charge in [0.15, 0.2) is 0 Å². The summed E-state index contributed by atoms with van der Waals surface area (Å²) in [4.78, 5) is 0. The highest BCUT2D eigenvalue weighted by Gasteiger charge is 2.13. The summed E-state index contributed by atoms with van der Waals surface area (Å²) in [5.41, 5.74) is 0. The molecule has 0 spiro atoms. The van der Waals surface area contributed by atoms with Crippen LogP contribution in [0.5, 0.6) is 0 Å². The van der Waals surface area contributed by atoms with Crippen LogP contribution in [0.4, 0.5) is 0 Å². The van der Waals surface area contributed by atoms with Gasteiger partial charge < -0.3 is 10.4 Å². The summed E-state index contributed by atoms with van der Waals surface area (Å²) in [7, 11) is 0. The molecule has 0 aromatic rings. The summed E-state index contributed by atoms with van der Waals surface area (Å²) < 4.78 is 0. The molecule has 0 fully saturated rings. The van der Waals surface area contributed by atoms with E-state index in [2.05, 4.69) is 25.1 Å². The van der Waals surface area contributed by atoms with Gasteiger partial charge in [-0.15, -0.1) is 6.42 Å². The molecule has 0 aliphatic rings. The van der Waals surface area contributed by atoms with Crippen LogP contribution >= 0.6 is 0 Å². The Labute approximate surface area is 75.4 Å². The third kappa shape index (κ3) is 4.38. The highest BCUT2D eigenvalue weighted by atomic mass is 16.3. The van der Waals surface area contributed by atoms with Crippen molar-refractivity contribution in [3.8, 4) is 12.3 Å². The molecule has 0 aliphatic carbocycles. The van der Waals surface area contributed by atoms with Crippen molar-refractivity contribution in [2.24, 2.45) is 5.92 Å². The lowest BCUT2D eigenvalue weighted by Crippen LogP contribution is -2.39. The van der Waals surface area contributed by atoms with E-state index < -0.39 is 0 Å². The predicted molar refractivity (Wildman–Crippen MR) is 51.8 cm³/mol. The fourth-order valence-electron chi connectivity index (χ4n) is 1.12. The van der Waals surface area contributed by atoms with E-state index in [1.807, 2.05) is 6.92 Å². The van der Waals surface area contributed by atoms with Crippen molar-refractivity contribution in [2.45, 2.75) is 39.3 Å². The lowest BCUT2D eigenvalue weighted by Gasteiger charge is -2.23. The van der Waals surface area contributed by atoms with Crippen molar-refractivity contribution in [2.75, 3.05) is 6.61 Å². The topological polar surface area (TPSA) is 32.3 Å². The van der Waals surface area contributed by atoms with Crippen LogP contribution in [0, 0.1) is 18.3 Å². The van der Waals surface area contributed by atoms with Crippen LogP contribution in [0.1, 0.15) is 27.2 Å². The molecule has 12 heavy (non-hydrogen) atoms. The Morgan fingerprint density at radius 1 is 1.42 bits per heavy atom. The van der Waals surface area contributed by atoms with Gasteiger partial charge in [-0.2, -0.15) is 0 Å². The third-order valence-electron chi connectivity index (χ3n) is 1.96. The number of aliphatic hydroxyl groups excluding tert-OH is 1. The molecule has 0 saturated carbocycles. The molecule has 0 rings (SSSR count). The molecule has 2 atom stereocenters. The first-order chi connectivity index (χ1) is 5.61. The van der Waals surface area contributed by atoms with E-state index in [1.165, 1.54) is 0 Å². The number of terminal acetylenes is 1. The van der Waals surface area contributed by atoms with Gasteiger partial charge in [0.2, 0.25) is 0 Å². The Morgan fingerprint density at radius 2 is 2.00 bits per heavy atom. The Morgan fingerprint density at radius 3 is 2.33 bits per heavy atom. The summed E-state index contributed by atoms with van der Waals surface area (Å²) in [6.45, 7) is 6.41. The average molecular weight is 169 g/mol. The fourth-order valence-corrected chi connectivity index (χ4v) is 1.12. The van der Waals surface area contributed by atoms with Crippen LogP contribution in [0.3, 0.4) is 0 Å². The predicted octanol–water partition coefficient (Wildman–Crippen LogP) is 1.00. The summed E-state index contributed by atoms with van der Waals surface area (Å²) >= 11 is 0. The first-order valence-electron chi connectivity index (χ1n) is 4.44. The van der Waals surface area contributed by atoms with Gasteiger partial charge in [0, 0.05) is 12.6 Å². The Kier molecular flexibility index (Phi) is 5.79. The highest BCUT2D eigenvalue weighted by molar-refractivity contribution is 4.97. The Hall–Kier alpha value is -0.520. The second kappa shape index (κ2) is 6.05. The number of hydrogen-bond donors (Lipinski definition) is 2. The molecule has 0 aromatic heterocycles. The SMILES string of the molecule is C#CC(C)NC(CCO)C(C)C. The van der Waals surface area contributed by atoms with Gasteiger partial charge in [-0.3, -0.25) is 0 Å². The molecule has 0 radical (unpaired) electrons. The molecular formula is C10H19NO. The standard InChI is InChI=1S/C10H19NO/c1-5-9(4)11-10(6-7-12)8(2)3/h1,8-12H,6-7H2,2-4H3. The lowest BCUT2D eigenvalue weighted by molar-refractivity contribution is 0.242. The molecule has 0 bridgehead atoms. The lowest BCUT2D eigenvalue weighted by atomic mass is 10.0. The maximum atomic E-state index is 8.78. The second-order valence-corrected chi connectivity index (χ2v) is 3.42. The Bertz CT molecular complexity index is 148. The number of nitrogens with one attached hydrogen (secondary N) is 1. The minimum atomic E-state index is 0.0870. The molecule has 2 heteroatoms. The quantitative estimate of drug-likeness (QED) is 0.602. The highest BCUT2D eigenvalue weighted by Crippen LogP contribution is 2.06. The van der Waals surface area contributed by atoms with Crippen LogP contribution in [0.25, 0.3) is 0 Å². The smallest absolute Gasteiger partial charge is 0.0660 e. The maximum absolute atomic E-state index is 8.78. The zero-order chi connectivity index (χ0) is 9.56. The minimum absolute atomic E-state index is 0.0870. The average Bonchev–Trinajstić information content (AvgIpc) is 2.03. The monoisotopic (exact) mass is 169 g/mol. The molecule has 2 N–H and O–H groups in total. The van der Waals surface area contributed by atoms with E-state index in [0.29, 0.717) is 12.0 Å². The van der Waals surface area contributed by atoms with Gasteiger partial charge >= 0.3 is 0 Å². The van der Waals surface area contributed by atoms with Crippen LogP contribution in [-0.4, -0.2) is 23.8 Å². The van der Waals surface area contributed by atoms with Gasteiger partial charge in [-0.1, -0.05) is 19.8 Å². The van der Waals surface area contributed by atoms with E-state index in [1.54, 1.807) is 0 Å². The molecule has 0 saturated heterocycles. The summed E-state index contributed by atoms with van der Waals surface area (Å²) in [6.07, 6.45) is 6.01. The van der Waals surface area contributed by atoms with Gasteiger partial charge in [-0.25, -0.2) is 0 Å². The molecule has 0 aromatic carbocycles. The van der Waals surface area contributed by atoms with E-state index >= 15 is 0 Å². The second-order valence-electron chi connectivity index (χ2n) is 3.42. The van der Waals surface area contributed by atoms with E-state index in [-0.39, 0.29) is 12.6 Å². The zero-order valence-electron chi connectivity index (χ0n) is 8.17. The fraction of sp³-hybridized carbons (Fsp3) is 0.800. The van der Waals surface area contributed by atoms with Gasteiger partial charge in [0.05, 0.1) is 6.04 Å². The maximum Gasteiger partial charge on any atom is 0.0660 e. The summed E-state index contributed by atoms with van der Waals surface area (Å²) in [5.74, 6) is 3.12. The first-order valence-corrected chi connectivity index (χ1v) is 4.44. The van der Waals surface area contributed by atoms with Gasteiger partial charge in [-0.05, 0) is 19.3 Å². The Balaban J connectivity index is 3.88. The van der Waals surface area contributed by atoms with Crippen molar-refractivity contribution in [1.82, 2.24) is 5.32 Å². The van der Waals surface area contributed by atoms with Crippen molar-refractivity contribution < 1.29 is 5.11 Å².